The fourth-order valence-electron chi connectivity index (χ4n) is 4.37. The van der Waals surface area contributed by atoms with E-state index in [0.717, 1.165) is 49.1 Å². The van der Waals surface area contributed by atoms with Gasteiger partial charge in [0.25, 0.3) is 0 Å². The van der Waals surface area contributed by atoms with Crippen molar-refractivity contribution in [3.05, 3.63) is 101 Å². The molecule has 4 rings (SSSR count). The Bertz CT molecular complexity index is 1050. The summed E-state index contributed by atoms with van der Waals surface area (Å²) < 4.78 is 5.97. The van der Waals surface area contributed by atoms with Gasteiger partial charge in [0, 0.05) is 44.3 Å². The first-order valence-electron chi connectivity index (χ1n) is 11.6. The fraction of sp³-hybridized carbons (Fsp3) is 0.296. The Labute approximate surface area is 206 Å². The van der Waals surface area contributed by atoms with Crippen molar-refractivity contribution < 1.29 is 9.53 Å². The van der Waals surface area contributed by atoms with Crippen LogP contribution in [0.3, 0.4) is 0 Å². The quantitative estimate of drug-likeness (QED) is 0.481. The molecule has 3 aromatic carbocycles. The molecule has 34 heavy (non-hydrogen) atoms. The van der Waals surface area contributed by atoms with E-state index in [2.05, 4.69) is 57.6 Å². The topological polar surface area (TPSA) is 70.8 Å². The summed E-state index contributed by atoms with van der Waals surface area (Å²) in [5.41, 5.74) is 8.66. The van der Waals surface area contributed by atoms with E-state index in [1.807, 2.05) is 36.4 Å². The summed E-state index contributed by atoms with van der Waals surface area (Å²) in [6.07, 6.45) is 0. The van der Waals surface area contributed by atoms with Crippen LogP contribution in [-0.2, 0) is 6.54 Å². The highest BCUT2D eigenvalue weighted by Crippen LogP contribution is 2.30. The summed E-state index contributed by atoms with van der Waals surface area (Å²) in [4.78, 5) is 15.9. The number of urea groups is 1. The van der Waals surface area contributed by atoms with Crippen molar-refractivity contribution in [3.63, 3.8) is 0 Å². The first-order valence-corrected chi connectivity index (χ1v) is 12.0. The van der Waals surface area contributed by atoms with Crippen LogP contribution in [0.2, 0.25) is 5.02 Å². The third kappa shape index (κ3) is 6.73. The highest BCUT2D eigenvalue weighted by atomic mass is 35.5. The van der Waals surface area contributed by atoms with Gasteiger partial charge < -0.3 is 15.8 Å². The Kier molecular flexibility index (Phi) is 8.41. The van der Waals surface area contributed by atoms with Crippen LogP contribution in [-0.4, -0.2) is 55.2 Å². The molecule has 0 radical (unpaired) electrons. The Balaban J connectivity index is 1.30. The summed E-state index contributed by atoms with van der Waals surface area (Å²) in [5, 5.41) is 3.36. The van der Waals surface area contributed by atoms with Gasteiger partial charge in [-0.3, -0.25) is 9.80 Å². The number of piperazine rings is 1. The number of nitrogens with two attached hydrogens (primary N) is 1. The molecule has 2 amide bonds. The van der Waals surface area contributed by atoms with Crippen LogP contribution in [0.15, 0.2) is 78.9 Å². The lowest BCUT2D eigenvalue weighted by molar-refractivity contribution is 0.0977. The second kappa shape index (κ2) is 11.9. The fourth-order valence-corrected chi connectivity index (χ4v) is 4.49. The maximum atomic E-state index is 10.9. The van der Waals surface area contributed by atoms with E-state index in [1.54, 1.807) is 0 Å². The number of amides is 2. The number of ether oxygens (including phenoxy) is 1. The van der Waals surface area contributed by atoms with Crippen molar-refractivity contribution in [3.8, 4) is 5.75 Å². The Morgan fingerprint density at radius 1 is 0.941 bits per heavy atom. The number of hydrogen-bond acceptors (Lipinski definition) is 4. The molecule has 3 aromatic rings. The van der Waals surface area contributed by atoms with Gasteiger partial charge in [-0.2, -0.15) is 0 Å². The van der Waals surface area contributed by atoms with Crippen LogP contribution >= 0.6 is 11.6 Å². The molecule has 6 nitrogen and oxygen atoms in total. The molecule has 1 saturated heterocycles. The molecule has 0 aromatic heterocycles. The molecule has 0 unspecified atom stereocenters. The average molecular weight is 479 g/mol. The van der Waals surface area contributed by atoms with E-state index < -0.39 is 6.03 Å². The van der Waals surface area contributed by atoms with E-state index >= 15 is 0 Å². The van der Waals surface area contributed by atoms with Gasteiger partial charge in [-0.15, -0.1) is 0 Å². The summed E-state index contributed by atoms with van der Waals surface area (Å²) in [5.74, 6) is 0.800. The molecule has 0 spiro atoms. The van der Waals surface area contributed by atoms with Gasteiger partial charge >= 0.3 is 6.03 Å². The summed E-state index contributed by atoms with van der Waals surface area (Å²) in [6.45, 7) is 5.82. The standard InChI is InChI=1S/C27H31ClN4O2/c28-24-11-9-23(10-12-24)26(22-6-2-1-3-7-22)32-15-13-31(14-16-32)17-18-34-25-8-4-5-21(19-25)20-30-27(29)33/h1-12,19,26H,13-18,20H2,(H3,29,30,33)/t26-/m1/s1. The molecule has 3 N–H and O–H groups in total. The van der Waals surface area contributed by atoms with Crippen molar-refractivity contribution in [2.45, 2.75) is 12.6 Å². The van der Waals surface area contributed by atoms with Crippen LogP contribution in [0.25, 0.3) is 0 Å². The summed E-state index contributed by atoms with van der Waals surface area (Å²) in [6, 6.07) is 26.3. The first-order chi connectivity index (χ1) is 16.6. The highest BCUT2D eigenvalue weighted by Gasteiger charge is 2.26. The number of carbonyl (C=O) groups excluding carboxylic acids is 1. The zero-order valence-corrected chi connectivity index (χ0v) is 20.0. The SMILES string of the molecule is NC(=O)NCc1cccc(OCCN2CCN([C@H](c3ccccc3)c3ccc(Cl)cc3)CC2)c1. The number of hydrogen-bond donors (Lipinski definition) is 2. The van der Waals surface area contributed by atoms with Gasteiger partial charge in [-0.1, -0.05) is 66.2 Å². The Hall–Kier alpha value is -3.06. The number of nitrogens with one attached hydrogen (secondary N) is 1. The molecule has 0 bridgehead atoms. The molecule has 0 saturated carbocycles. The van der Waals surface area contributed by atoms with Crippen molar-refractivity contribution in [1.82, 2.24) is 15.1 Å². The number of carbonyl (C=O) groups is 1. The Morgan fingerprint density at radius 3 is 2.35 bits per heavy atom. The van der Waals surface area contributed by atoms with Crippen molar-refractivity contribution in [2.24, 2.45) is 5.73 Å². The highest BCUT2D eigenvalue weighted by molar-refractivity contribution is 6.30. The van der Waals surface area contributed by atoms with Crippen LogP contribution < -0.4 is 15.8 Å². The number of primary amides is 1. The van der Waals surface area contributed by atoms with Gasteiger partial charge in [-0.25, -0.2) is 4.79 Å². The zero-order valence-electron chi connectivity index (χ0n) is 19.2. The van der Waals surface area contributed by atoms with Crippen LogP contribution in [0.4, 0.5) is 4.79 Å². The number of rotatable bonds is 9. The minimum atomic E-state index is -0.531. The minimum Gasteiger partial charge on any atom is -0.492 e. The van der Waals surface area contributed by atoms with Gasteiger partial charge in [0.05, 0.1) is 6.04 Å². The molecule has 1 atom stereocenters. The molecule has 7 heteroatoms. The maximum absolute atomic E-state index is 10.9. The normalized spacial score (nSPS) is 15.6. The number of nitrogens with zero attached hydrogens (tertiary/aromatic N) is 2. The lowest BCUT2D eigenvalue weighted by atomic mass is 9.96. The third-order valence-corrected chi connectivity index (χ3v) is 6.37. The maximum Gasteiger partial charge on any atom is 0.312 e. The van der Waals surface area contributed by atoms with Gasteiger partial charge in [0.1, 0.15) is 12.4 Å². The molecule has 1 aliphatic heterocycles. The predicted molar refractivity (Wildman–Crippen MR) is 136 cm³/mol. The average Bonchev–Trinajstić information content (AvgIpc) is 2.86. The van der Waals surface area contributed by atoms with Crippen LogP contribution in [0, 0.1) is 0 Å². The van der Waals surface area contributed by atoms with E-state index in [0.29, 0.717) is 13.2 Å². The van der Waals surface area contributed by atoms with Gasteiger partial charge in [-0.05, 0) is 41.0 Å². The predicted octanol–water partition coefficient (Wildman–Crippen LogP) is 4.29. The van der Waals surface area contributed by atoms with E-state index in [4.69, 9.17) is 22.1 Å². The number of benzene rings is 3. The largest absolute Gasteiger partial charge is 0.492 e. The summed E-state index contributed by atoms with van der Waals surface area (Å²) in [7, 11) is 0. The van der Waals surface area contributed by atoms with Crippen molar-refractivity contribution in [1.29, 1.82) is 0 Å². The lowest BCUT2D eigenvalue weighted by Gasteiger charge is -2.39. The van der Waals surface area contributed by atoms with Crippen molar-refractivity contribution >= 4 is 17.6 Å². The lowest BCUT2D eigenvalue weighted by Crippen LogP contribution is -2.48. The second-order valence-corrected chi connectivity index (χ2v) is 8.89. The van der Waals surface area contributed by atoms with E-state index in [9.17, 15) is 4.79 Å². The monoisotopic (exact) mass is 478 g/mol. The molecule has 178 valence electrons. The Morgan fingerprint density at radius 2 is 1.65 bits per heavy atom. The number of halogens is 1. The first kappa shape index (κ1) is 24.1. The third-order valence-electron chi connectivity index (χ3n) is 6.11. The molecule has 1 fully saturated rings. The van der Waals surface area contributed by atoms with Crippen molar-refractivity contribution in [2.75, 3.05) is 39.3 Å². The molecular formula is C27H31ClN4O2. The summed E-state index contributed by atoms with van der Waals surface area (Å²) >= 11 is 6.14. The van der Waals surface area contributed by atoms with Gasteiger partial charge in [0.2, 0.25) is 0 Å². The molecule has 1 aliphatic rings. The smallest absolute Gasteiger partial charge is 0.312 e. The van der Waals surface area contributed by atoms with Gasteiger partial charge in [0.15, 0.2) is 0 Å². The zero-order chi connectivity index (χ0) is 23.8. The van der Waals surface area contributed by atoms with E-state index in [1.165, 1.54) is 11.1 Å². The van der Waals surface area contributed by atoms with E-state index in [-0.39, 0.29) is 6.04 Å². The second-order valence-electron chi connectivity index (χ2n) is 8.46. The minimum absolute atomic E-state index is 0.216. The molecule has 1 heterocycles. The molecular weight excluding hydrogens is 448 g/mol. The molecule has 0 aliphatic carbocycles. The van der Waals surface area contributed by atoms with Crippen LogP contribution in [0.5, 0.6) is 5.75 Å². The van der Waals surface area contributed by atoms with Crippen LogP contribution in [0.1, 0.15) is 22.7 Å².